The molecular formula is C31H46N2O6. The highest BCUT2D eigenvalue weighted by molar-refractivity contribution is 5.88. The van der Waals surface area contributed by atoms with Gasteiger partial charge in [0.2, 0.25) is 0 Å². The molecule has 0 amide bonds. The molecule has 1 heterocycles. The lowest BCUT2D eigenvalue weighted by Crippen LogP contribution is -2.47. The molecule has 6 atom stereocenters. The molecule has 3 fully saturated rings. The molecule has 1 aliphatic heterocycles. The summed E-state index contributed by atoms with van der Waals surface area (Å²) in [6.45, 7) is 8.49. The van der Waals surface area contributed by atoms with E-state index in [1.54, 1.807) is 25.8 Å². The second kappa shape index (κ2) is 15.3. The lowest BCUT2D eigenvalue weighted by Gasteiger charge is -2.31. The Kier molecular flexibility index (Phi) is 12.2. The van der Waals surface area contributed by atoms with Gasteiger partial charge in [-0.3, -0.25) is 24.6 Å². The minimum atomic E-state index is -0.811. The summed E-state index contributed by atoms with van der Waals surface area (Å²) in [4.78, 5) is 38.9. The smallest absolute Gasteiger partial charge is 0.325 e. The molecule has 8 nitrogen and oxygen atoms in total. The van der Waals surface area contributed by atoms with Crippen molar-refractivity contribution in [2.75, 3.05) is 26.9 Å². The Hall–Kier alpha value is -2.55. The maximum atomic E-state index is 12.6. The fraction of sp³-hybridized carbons (Fsp3) is 0.774. The van der Waals surface area contributed by atoms with Crippen LogP contribution in [0.3, 0.4) is 0 Å². The molecule has 2 saturated carbocycles. The number of carbonyl (C=O) groups excluding carboxylic acids is 3. The van der Waals surface area contributed by atoms with Crippen LogP contribution in [0.5, 0.6) is 0 Å². The predicted octanol–water partition coefficient (Wildman–Crippen LogP) is 3.53. The number of nitrogens with one attached hydrogen (secondary N) is 1. The topological polar surface area (TPSA) is 94.2 Å². The van der Waals surface area contributed by atoms with E-state index in [2.05, 4.69) is 35.9 Å². The van der Waals surface area contributed by atoms with Crippen molar-refractivity contribution in [1.29, 1.82) is 0 Å². The Balaban J connectivity index is 1.58. The SMILES string of the molecule is CCOC(=O)C1CCC(C#CC2CCC(C#CC3NC(C(=O)OCC)C(C(=O)OCC)N3C)C(CC)C2)CC1. The van der Waals surface area contributed by atoms with Crippen molar-refractivity contribution in [3.05, 3.63) is 0 Å². The first-order chi connectivity index (χ1) is 18.8. The van der Waals surface area contributed by atoms with Crippen molar-refractivity contribution in [3.63, 3.8) is 0 Å². The molecule has 2 aliphatic carbocycles. The van der Waals surface area contributed by atoms with Crippen molar-refractivity contribution in [3.8, 4) is 23.7 Å². The molecule has 1 N–H and O–H groups in total. The van der Waals surface area contributed by atoms with Crippen molar-refractivity contribution in [2.45, 2.75) is 97.3 Å². The summed E-state index contributed by atoms with van der Waals surface area (Å²) < 4.78 is 15.6. The first-order valence-electron chi connectivity index (χ1n) is 14.8. The first kappa shape index (κ1) is 31.0. The van der Waals surface area contributed by atoms with Crippen LogP contribution in [0, 0.1) is 53.3 Å². The van der Waals surface area contributed by atoms with Crippen molar-refractivity contribution in [1.82, 2.24) is 10.2 Å². The average Bonchev–Trinajstić information content (AvgIpc) is 3.27. The van der Waals surface area contributed by atoms with E-state index >= 15 is 0 Å². The molecule has 3 aliphatic rings. The number of hydrogen-bond donors (Lipinski definition) is 1. The molecule has 3 rings (SSSR count). The van der Waals surface area contributed by atoms with Crippen molar-refractivity contribution < 1.29 is 28.6 Å². The third-order valence-corrected chi connectivity index (χ3v) is 8.32. The van der Waals surface area contributed by atoms with E-state index < -0.39 is 30.2 Å². The van der Waals surface area contributed by atoms with Gasteiger partial charge in [-0.1, -0.05) is 37.0 Å². The lowest BCUT2D eigenvalue weighted by molar-refractivity contribution is -0.155. The maximum absolute atomic E-state index is 12.6. The molecule has 6 unspecified atom stereocenters. The third kappa shape index (κ3) is 8.22. The van der Waals surface area contributed by atoms with Gasteiger partial charge < -0.3 is 14.2 Å². The molecule has 0 bridgehead atoms. The van der Waals surface area contributed by atoms with Gasteiger partial charge in [-0.15, -0.1) is 0 Å². The van der Waals surface area contributed by atoms with E-state index in [9.17, 15) is 14.4 Å². The summed E-state index contributed by atoms with van der Waals surface area (Å²) in [6, 6.07) is -1.59. The summed E-state index contributed by atoms with van der Waals surface area (Å²) in [6.07, 6.45) is 7.32. The van der Waals surface area contributed by atoms with Crippen LogP contribution in [-0.2, 0) is 28.6 Å². The Bertz CT molecular complexity index is 967. The van der Waals surface area contributed by atoms with E-state index in [4.69, 9.17) is 14.2 Å². The van der Waals surface area contributed by atoms with Crippen molar-refractivity contribution >= 4 is 17.9 Å². The van der Waals surface area contributed by atoms with Gasteiger partial charge in [-0.25, -0.2) is 0 Å². The van der Waals surface area contributed by atoms with Crippen LogP contribution in [0.1, 0.15) is 79.1 Å². The summed E-state index contributed by atoms with van der Waals surface area (Å²) >= 11 is 0. The zero-order valence-electron chi connectivity index (χ0n) is 24.3. The number of rotatable bonds is 7. The van der Waals surface area contributed by atoms with Crippen LogP contribution in [0.25, 0.3) is 0 Å². The molecule has 8 heteroatoms. The van der Waals surface area contributed by atoms with Gasteiger partial charge in [0.05, 0.1) is 25.7 Å². The van der Waals surface area contributed by atoms with Crippen molar-refractivity contribution in [2.24, 2.45) is 29.6 Å². The highest BCUT2D eigenvalue weighted by Crippen LogP contribution is 2.36. The molecule has 0 spiro atoms. The second-order valence-electron chi connectivity index (χ2n) is 10.8. The Labute approximate surface area is 234 Å². The molecule has 0 aromatic heterocycles. The predicted molar refractivity (Wildman–Crippen MR) is 148 cm³/mol. The van der Waals surface area contributed by atoms with E-state index in [-0.39, 0.29) is 31.0 Å². The molecule has 0 aromatic carbocycles. The zero-order valence-corrected chi connectivity index (χ0v) is 24.3. The number of hydrogen-bond acceptors (Lipinski definition) is 8. The summed E-state index contributed by atoms with van der Waals surface area (Å²) in [5.41, 5.74) is 0. The van der Waals surface area contributed by atoms with Gasteiger partial charge in [0.15, 0.2) is 0 Å². The summed E-state index contributed by atoms with van der Waals surface area (Å²) in [5, 5.41) is 3.20. The fourth-order valence-corrected chi connectivity index (χ4v) is 6.07. The quantitative estimate of drug-likeness (QED) is 0.297. The summed E-state index contributed by atoms with van der Waals surface area (Å²) in [7, 11) is 1.79. The number of carbonyl (C=O) groups is 3. The van der Waals surface area contributed by atoms with E-state index in [0.29, 0.717) is 24.4 Å². The van der Waals surface area contributed by atoms with E-state index in [1.807, 2.05) is 6.92 Å². The first-order valence-corrected chi connectivity index (χ1v) is 14.8. The van der Waals surface area contributed by atoms with Crippen LogP contribution >= 0.6 is 0 Å². The van der Waals surface area contributed by atoms with Gasteiger partial charge in [0, 0.05) is 17.8 Å². The van der Waals surface area contributed by atoms with E-state index in [0.717, 1.165) is 51.4 Å². The molecule has 0 radical (unpaired) electrons. The van der Waals surface area contributed by atoms with Gasteiger partial charge in [0.25, 0.3) is 0 Å². The monoisotopic (exact) mass is 542 g/mol. The van der Waals surface area contributed by atoms with E-state index in [1.165, 1.54) is 0 Å². The molecule has 0 aromatic rings. The maximum Gasteiger partial charge on any atom is 0.325 e. The standard InChI is InChI=1S/C31H46N2O6/c1-6-23-20-22(11-10-21-12-16-25(17-13-21)29(34)37-7-2)14-15-24(23)18-19-26-32-27(30(35)38-8-3)28(33(26)5)31(36)39-9-4/h21-28,32H,6-9,12-17,20H2,1-5H3. The lowest BCUT2D eigenvalue weighted by atomic mass is 9.73. The number of esters is 3. The zero-order chi connectivity index (χ0) is 28.4. The van der Waals surface area contributed by atoms with Crippen LogP contribution in [0.4, 0.5) is 0 Å². The normalized spacial score (nSPS) is 32.6. The third-order valence-electron chi connectivity index (χ3n) is 8.32. The minimum absolute atomic E-state index is 0.0371. The summed E-state index contributed by atoms with van der Waals surface area (Å²) in [5.74, 6) is 14.4. The van der Waals surface area contributed by atoms with Gasteiger partial charge in [-0.2, -0.15) is 0 Å². The van der Waals surface area contributed by atoms with Crippen LogP contribution in [0.15, 0.2) is 0 Å². The van der Waals surface area contributed by atoms with Gasteiger partial charge in [-0.05, 0) is 78.7 Å². The second-order valence-corrected chi connectivity index (χ2v) is 10.8. The van der Waals surface area contributed by atoms with Crippen LogP contribution in [0.2, 0.25) is 0 Å². The average molecular weight is 543 g/mol. The largest absolute Gasteiger partial charge is 0.466 e. The number of nitrogens with zero attached hydrogens (tertiary/aromatic N) is 1. The Morgan fingerprint density at radius 3 is 1.97 bits per heavy atom. The number of likely N-dealkylation sites (N-methyl/N-ethyl adjacent to an activating group) is 1. The molecular weight excluding hydrogens is 496 g/mol. The molecule has 39 heavy (non-hydrogen) atoms. The van der Waals surface area contributed by atoms with Gasteiger partial charge >= 0.3 is 17.9 Å². The molecule has 216 valence electrons. The minimum Gasteiger partial charge on any atom is -0.466 e. The number of ether oxygens (including phenoxy) is 3. The highest BCUT2D eigenvalue weighted by Gasteiger charge is 2.48. The van der Waals surface area contributed by atoms with Crippen LogP contribution in [-0.4, -0.2) is 67.9 Å². The Morgan fingerprint density at radius 1 is 0.744 bits per heavy atom. The highest BCUT2D eigenvalue weighted by atomic mass is 16.5. The Morgan fingerprint density at radius 2 is 1.33 bits per heavy atom. The molecule has 1 saturated heterocycles. The fourth-order valence-electron chi connectivity index (χ4n) is 6.07. The van der Waals surface area contributed by atoms with Crippen LogP contribution < -0.4 is 5.32 Å². The van der Waals surface area contributed by atoms with Gasteiger partial charge in [0.1, 0.15) is 18.2 Å².